The maximum Gasteiger partial charge on any atom is 0.279 e. The molecular formula is C27H19BrN4O2. The van der Waals surface area contributed by atoms with E-state index in [1.807, 2.05) is 84.9 Å². The van der Waals surface area contributed by atoms with Crippen LogP contribution in [-0.2, 0) is 6.61 Å². The molecule has 0 amide bonds. The Morgan fingerprint density at radius 2 is 1.53 bits per heavy atom. The van der Waals surface area contributed by atoms with Crippen LogP contribution in [0.3, 0.4) is 0 Å². The summed E-state index contributed by atoms with van der Waals surface area (Å²) >= 11 is 3.54. The van der Waals surface area contributed by atoms with Gasteiger partial charge in [-0.1, -0.05) is 36.4 Å². The number of rotatable bonds is 6. The second kappa shape index (κ2) is 9.80. The van der Waals surface area contributed by atoms with Gasteiger partial charge >= 0.3 is 0 Å². The smallest absolute Gasteiger partial charge is 0.279 e. The maximum absolute atomic E-state index is 13.5. The van der Waals surface area contributed by atoms with Gasteiger partial charge < -0.3 is 4.74 Å². The summed E-state index contributed by atoms with van der Waals surface area (Å²) < 4.78 is 8.02. The van der Waals surface area contributed by atoms with Crippen LogP contribution in [0.25, 0.3) is 28.2 Å². The third-order valence-corrected chi connectivity index (χ3v) is 5.87. The molecule has 0 unspecified atom stereocenters. The average Bonchev–Trinajstić information content (AvgIpc) is 2.90. The van der Waals surface area contributed by atoms with Crippen molar-refractivity contribution in [1.82, 2.24) is 19.7 Å². The van der Waals surface area contributed by atoms with E-state index in [-0.39, 0.29) is 5.56 Å². The molecule has 0 aliphatic carbocycles. The van der Waals surface area contributed by atoms with Crippen molar-refractivity contribution in [2.45, 2.75) is 6.61 Å². The molecule has 0 spiro atoms. The lowest BCUT2D eigenvalue weighted by Crippen LogP contribution is -2.23. The average molecular weight is 511 g/mol. The van der Waals surface area contributed by atoms with E-state index in [1.54, 1.807) is 18.5 Å². The first-order chi connectivity index (χ1) is 16.7. The van der Waals surface area contributed by atoms with Gasteiger partial charge in [0, 0.05) is 16.9 Å². The van der Waals surface area contributed by atoms with Crippen molar-refractivity contribution < 1.29 is 4.74 Å². The molecule has 0 saturated carbocycles. The molecule has 3 heterocycles. The normalized spacial score (nSPS) is 10.7. The number of halogens is 1. The fourth-order valence-electron chi connectivity index (χ4n) is 3.50. The highest BCUT2D eigenvalue weighted by atomic mass is 79.9. The third kappa shape index (κ3) is 4.65. The van der Waals surface area contributed by atoms with Crippen LogP contribution in [0, 0.1) is 0 Å². The summed E-state index contributed by atoms with van der Waals surface area (Å²) in [5, 5.41) is 4.62. The minimum absolute atomic E-state index is 0.228. The molecule has 5 aromatic rings. The molecule has 34 heavy (non-hydrogen) atoms. The molecule has 5 rings (SSSR count). The van der Waals surface area contributed by atoms with Gasteiger partial charge in [-0.3, -0.25) is 14.8 Å². The summed E-state index contributed by atoms with van der Waals surface area (Å²) in [6.45, 7) is 0.369. The zero-order valence-corrected chi connectivity index (χ0v) is 19.6. The molecule has 0 radical (unpaired) electrons. The van der Waals surface area contributed by atoms with E-state index < -0.39 is 0 Å². The van der Waals surface area contributed by atoms with Crippen molar-refractivity contribution >= 4 is 15.9 Å². The van der Waals surface area contributed by atoms with Crippen molar-refractivity contribution in [3.05, 3.63) is 124 Å². The topological polar surface area (TPSA) is 69.9 Å². The van der Waals surface area contributed by atoms with Gasteiger partial charge in [0.05, 0.1) is 22.6 Å². The number of benzene rings is 2. The number of para-hydroxylation sites is 1. The molecule has 0 N–H and O–H groups in total. The molecule has 2 aromatic carbocycles. The van der Waals surface area contributed by atoms with E-state index in [2.05, 4.69) is 31.0 Å². The van der Waals surface area contributed by atoms with E-state index in [0.29, 0.717) is 35.0 Å². The lowest BCUT2D eigenvalue weighted by atomic mass is 10.1. The van der Waals surface area contributed by atoms with Crippen LogP contribution in [0.4, 0.5) is 0 Å². The summed E-state index contributed by atoms with van der Waals surface area (Å²) in [7, 11) is 0. The van der Waals surface area contributed by atoms with Gasteiger partial charge in [-0.05, 0) is 76.1 Å². The van der Waals surface area contributed by atoms with Crippen LogP contribution >= 0.6 is 15.9 Å². The highest BCUT2D eigenvalue weighted by molar-refractivity contribution is 9.10. The van der Waals surface area contributed by atoms with Crippen molar-refractivity contribution in [3.8, 4) is 34.0 Å². The molecule has 0 atom stereocenters. The van der Waals surface area contributed by atoms with Crippen LogP contribution in [0.15, 0.2) is 113 Å². The lowest BCUT2D eigenvalue weighted by Gasteiger charge is -2.12. The second-order valence-corrected chi connectivity index (χ2v) is 8.32. The number of pyridine rings is 2. The number of hydrogen-bond donors (Lipinski definition) is 0. The maximum atomic E-state index is 13.5. The fraction of sp³-hybridized carbons (Fsp3) is 0.0370. The molecule has 0 aliphatic rings. The first-order valence-electron chi connectivity index (χ1n) is 10.6. The Labute approximate surface area is 204 Å². The Balaban J connectivity index is 1.55. The van der Waals surface area contributed by atoms with Gasteiger partial charge in [0.1, 0.15) is 18.1 Å². The minimum atomic E-state index is -0.228. The number of hydrogen-bond acceptors (Lipinski definition) is 5. The van der Waals surface area contributed by atoms with E-state index in [0.717, 1.165) is 15.7 Å². The fourth-order valence-corrected chi connectivity index (χ4v) is 3.95. The summed E-state index contributed by atoms with van der Waals surface area (Å²) in [6.07, 6.45) is 3.44. The summed E-state index contributed by atoms with van der Waals surface area (Å²) in [6, 6.07) is 28.0. The Hall–Kier alpha value is -4.10. The SMILES string of the molecule is O=c1c(-c2ccc(OCc3ccccn3)cc2)cc(-c2ccccn2)nn1-c1ccccc1Br. The van der Waals surface area contributed by atoms with Crippen LogP contribution in [0.1, 0.15) is 5.69 Å². The van der Waals surface area contributed by atoms with Gasteiger partial charge in [0.15, 0.2) is 0 Å². The Bertz CT molecular complexity index is 1470. The molecule has 0 fully saturated rings. The second-order valence-electron chi connectivity index (χ2n) is 7.46. The van der Waals surface area contributed by atoms with Crippen molar-refractivity contribution in [3.63, 3.8) is 0 Å². The van der Waals surface area contributed by atoms with Gasteiger partial charge in [0.25, 0.3) is 5.56 Å². The first-order valence-corrected chi connectivity index (χ1v) is 11.4. The van der Waals surface area contributed by atoms with Gasteiger partial charge in [-0.25, -0.2) is 0 Å². The summed E-state index contributed by atoms with van der Waals surface area (Å²) in [5.41, 5.74) is 3.83. The Morgan fingerprint density at radius 1 is 0.794 bits per heavy atom. The largest absolute Gasteiger partial charge is 0.487 e. The summed E-state index contributed by atoms with van der Waals surface area (Å²) in [4.78, 5) is 22.2. The van der Waals surface area contributed by atoms with E-state index in [4.69, 9.17) is 4.74 Å². The molecule has 0 bridgehead atoms. The molecule has 0 aliphatic heterocycles. The predicted molar refractivity (Wildman–Crippen MR) is 135 cm³/mol. The van der Waals surface area contributed by atoms with Crippen LogP contribution in [0.2, 0.25) is 0 Å². The Kier molecular flexibility index (Phi) is 6.27. The van der Waals surface area contributed by atoms with E-state index in [1.165, 1.54) is 4.68 Å². The highest BCUT2D eigenvalue weighted by Gasteiger charge is 2.15. The number of aromatic nitrogens is 4. The van der Waals surface area contributed by atoms with Crippen molar-refractivity contribution in [2.24, 2.45) is 0 Å². The van der Waals surface area contributed by atoms with Crippen molar-refractivity contribution in [2.75, 3.05) is 0 Å². The zero-order chi connectivity index (χ0) is 23.3. The lowest BCUT2D eigenvalue weighted by molar-refractivity contribution is 0.301. The molecule has 6 nitrogen and oxygen atoms in total. The first kappa shape index (κ1) is 21.7. The zero-order valence-electron chi connectivity index (χ0n) is 18.0. The van der Waals surface area contributed by atoms with Crippen LogP contribution in [-0.4, -0.2) is 19.7 Å². The minimum Gasteiger partial charge on any atom is -0.487 e. The molecule has 3 aromatic heterocycles. The summed E-state index contributed by atoms with van der Waals surface area (Å²) in [5.74, 6) is 0.694. The highest BCUT2D eigenvalue weighted by Crippen LogP contribution is 2.26. The molecule has 0 saturated heterocycles. The van der Waals surface area contributed by atoms with Gasteiger partial charge in [-0.2, -0.15) is 9.78 Å². The number of ether oxygens (including phenoxy) is 1. The molecule has 7 heteroatoms. The standard InChI is InChI=1S/C27H19BrN4O2/c28-23-8-1-2-10-26(23)32-27(33)22(17-25(31-32)24-9-4-6-16-30-24)19-11-13-21(14-12-19)34-18-20-7-3-5-15-29-20/h1-17H,18H2. The van der Waals surface area contributed by atoms with Crippen LogP contribution in [0.5, 0.6) is 5.75 Å². The van der Waals surface area contributed by atoms with Crippen molar-refractivity contribution in [1.29, 1.82) is 0 Å². The predicted octanol–water partition coefficient (Wildman–Crippen LogP) is 5.70. The molecule has 166 valence electrons. The third-order valence-electron chi connectivity index (χ3n) is 5.20. The number of nitrogens with zero attached hydrogens (tertiary/aromatic N) is 4. The van der Waals surface area contributed by atoms with Crippen LogP contribution < -0.4 is 10.3 Å². The monoisotopic (exact) mass is 510 g/mol. The Morgan fingerprint density at radius 3 is 2.24 bits per heavy atom. The quantitative estimate of drug-likeness (QED) is 0.293. The molecular weight excluding hydrogens is 492 g/mol. The van der Waals surface area contributed by atoms with E-state index >= 15 is 0 Å². The van der Waals surface area contributed by atoms with Gasteiger partial charge in [0.2, 0.25) is 0 Å². The van der Waals surface area contributed by atoms with E-state index in [9.17, 15) is 4.79 Å². The van der Waals surface area contributed by atoms with Gasteiger partial charge in [-0.15, -0.1) is 0 Å².